The maximum atomic E-state index is 5.13. The van der Waals surface area contributed by atoms with Gasteiger partial charge in [-0.05, 0) is 58.6 Å². The van der Waals surface area contributed by atoms with Crippen molar-refractivity contribution in [3.8, 4) is 45.5 Å². The molecular weight excluding hydrogens is 707 g/mol. The van der Waals surface area contributed by atoms with Crippen molar-refractivity contribution in [3.05, 3.63) is 200 Å². The van der Waals surface area contributed by atoms with Crippen LogP contribution in [0.5, 0.6) is 0 Å². The van der Waals surface area contributed by atoms with Gasteiger partial charge in [0.1, 0.15) is 0 Å². The van der Waals surface area contributed by atoms with Gasteiger partial charge in [-0.25, -0.2) is 15.0 Å². The molecule has 0 fully saturated rings. The van der Waals surface area contributed by atoms with E-state index < -0.39 is 0 Å². The van der Waals surface area contributed by atoms with E-state index in [0.717, 1.165) is 49.9 Å². The van der Waals surface area contributed by atoms with E-state index in [4.69, 9.17) is 15.0 Å². The molecule has 3 aromatic heterocycles. The molecular formula is C53H33N5. The molecule has 0 saturated carbocycles. The van der Waals surface area contributed by atoms with E-state index in [-0.39, 0.29) is 0 Å². The Morgan fingerprint density at radius 2 is 0.810 bits per heavy atom. The lowest BCUT2D eigenvalue weighted by atomic mass is 10.0. The first kappa shape index (κ1) is 32.4. The summed E-state index contributed by atoms with van der Waals surface area (Å²) in [5, 5.41) is 9.66. The lowest BCUT2D eigenvalue weighted by Gasteiger charge is -2.14. The minimum absolute atomic E-state index is 0.639. The number of aromatic nitrogens is 5. The quantitative estimate of drug-likeness (QED) is 0.177. The average Bonchev–Trinajstić information content (AvgIpc) is 3.82. The Kier molecular flexibility index (Phi) is 7.16. The van der Waals surface area contributed by atoms with E-state index in [1.165, 1.54) is 43.4 Å². The average molecular weight is 740 g/mol. The number of benzene rings is 9. The van der Waals surface area contributed by atoms with Gasteiger partial charge in [-0.2, -0.15) is 0 Å². The summed E-state index contributed by atoms with van der Waals surface area (Å²) in [5.74, 6) is 1.93. The van der Waals surface area contributed by atoms with Crippen LogP contribution in [0.2, 0.25) is 0 Å². The van der Waals surface area contributed by atoms with Crippen LogP contribution in [-0.4, -0.2) is 24.1 Å². The molecule has 12 rings (SSSR count). The minimum Gasteiger partial charge on any atom is -0.309 e. The first-order valence-electron chi connectivity index (χ1n) is 19.6. The number of fused-ring (bicyclic) bond motifs is 10. The zero-order chi connectivity index (χ0) is 38.2. The van der Waals surface area contributed by atoms with Gasteiger partial charge in [0.15, 0.2) is 17.5 Å². The Morgan fingerprint density at radius 3 is 1.55 bits per heavy atom. The number of rotatable bonds is 5. The summed E-state index contributed by atoms with van der Waals surface area (Å²) in [7, 11) is 0. The maximum absolute atomic E-state index is 5.13. The van der Waals surface area contributed by atoms with Crippen molar-refractivity contribution in [2.75, 3.05) is 0 Å². The van der Waals surface area contributed by atoms with E-state index in [9.17, 15) is 0 Å². The molecule has 5 nitrogen and oxygen atoms in total. The summed E-state index contributed by atoms with van der Waals surface area (Å²) in [6.07, 6.45) is 0. The molecule has 0 amide bonds. The molecule has 0 atom stereocenters. The first-order valence-corrected chi connectivity index (χ1v) is 19.6. The Bertz CT molecular complexity index is 3490. The van der Waals surface area contributed by atoms with Crippen molar-refractivity contribution in [1.82, 2.24) is 24.1 Å². The van der Waals surface area contributed by atoms with Crippen LogP contribution < -0.4 is 0 Å². The highest BCUT2D eigenvalue weighted by Gasteiger charge is 2.23. The second kappa shape index (κ2) is 12.8. The molecule has 0 radical (unpaired) electrons. The predicted molar refractivity (Wildman–Crippen MR) is 240 cm³/mol. The van der Waals surface area contributed by atoms with Crippen molar-refractivity contribution in [1.29, 1.82) is 0 Å². The second-order valence-corrected chi connectivity index (χ2v) is 14.8. The van der Waals surface area contributed by atoms with Gasteiger partial charge in [0, 0.05) is 49.3 Å². The summed E-state index contributed by atoms with van der Waals surface area (Å²) in [6, 6.07) is 70.9. The third-order valence-electron chi connectivity index (χ3n) is 11.6. The van der Waals surface area contributed by atoms with Gasteiger partial charge in [0.25, 0.3) is 0 Å². The highest BCUT2D eigenvalue weighted by Crippen LogP contribution is 2.45. The van der Waals surface area contributed by atoms with E-state index in [2.05, 4.69) is 149 Å². The SMILES string of the molecule is c1ccc(-c2nc(-c3ccccc3)nc(-c3cccc4c(-n5c6ccccc6c6c7c8c9ccccc9ccc8n(-c8ccccc8)c7ccc65)cccc34)n2)cc1. The molecule has 270 valence electrons. The molecule has 9 aromatic carbocycles. The molecule has 0 bridgehead atoms. The largest absolute Gasteiger partial charge is 0.309 e. The smallest absolute Gasteiger partial charge is 0.164 e. The van der Waals surface area contributed by atoms with E-state index in [1.807, 2.05) is 60.7 Å². The van der Waals surface area contributed by atoms with Crippen molar-refractivity contribution < 1.29 is 0 Å². The van der Waals surface area contributed by atoms with Crippen LogP contribution in [0.15, 0.2) is 200 Å². The van der Waals surface area contributed by atoms with E-state index in [1.54, 1.807) is 0 Å². The third kappa shape index (κ3) is 4.87. The fourth-order valence-electron chi connectivity index (χ4n) is 9.05. The number of hydrogen-bond donors (Lipinski definition) is 0. The fourth-order valence-corrected chi connectivity index (χ4v) is 9.05. The van der Waals surface area contributed by atoms with E-state index >= 15 is 0 Å². The van der Waals surface area contributed by atoms with Gasteiger partial charge in [-0.3, -0.25) is 0 Å². The topological polar surface area (TPSA) is 48.5 Å². The van der Waals surface area contributed by atoms with Crippen molar-refractivity contribution in [2.45, 2.75) is 0 Å². The van der Waals surface area contributed by atoms with Crippen LogP contribution in [0.3, 0.4) is 0 Å². The molecule has 3 heterocycles. The van der Waals surface area contributed by atoms with Crippen LogP contribution in [0.1, 0.15) is 0 Å². The van der Waals surface area contributed by atoms with Crippen LogP contribution in [0, 0.1) is 0 Å². The summed E-state index contributed by atoms with van der Waals surface area (Å²) in [6.45, 7) is 0. The van der Waals surface area contributed by atoms with Crippen molar-refractivity contribution in [3.63, 3.8) is 0 Å². The van der Waals surface area contributed by atoms with Crippen molar-refractivity contribution >= 4 is 65.2 Å². The lowest BCUT2D eigenvalue weighted by molar-refractivity contribution is 1.08. The highest BCUT2D eigenvalue weighted by atomic mass is 15.0. The first-order chi connectivity index (χ1) is 28.8. The summed E-state index contributed by atoms with van der Waals surface area (Å²) < 4.78 is 4.88. The zero-order valence-electron chi connectivity index (χ0n) is 31.3. The Balaban J connectivity index is 1.15. The molecule has 0 aliphatic heterocycles. The molecule has 0 saturated heterocycles. The van der Waals surface area contributed by atoms with E-state index in [0.29, 0.717) is 17.5 Å². The van der Waals surface area contributed by atoms with Gasteiger partial charge < -0.3 is 9.13 Å². The standard InChI is InChI=1S/C53H33N5/c1-4-17-35(18-5-1)51-54-52(36-19-6-2-7-20-36)56-53(55-51)41-27-14-26-40-39(41)25-15-29-43(40)58-44-28-13-12-24-42(44)49-46(58)32-33-47-50(49)48-38-23-11-10-16-34(38)30-31-45(48)57(47)37-21-8-3-9-22-37/h1-33H. The number of para-hydroxylation sites is 2. The highest BCUT2D eigenvalue weighted by molar-refractivity contribution is 6.33. The molecule has 0 unspecified atom stereocenters. The van der Waals surface area contributed by atoms with Crippen molar-refractivity contribution in [2.24, 2.45) is 0 Å². The van der Waals surface area contributed by atoms with Gasteiger partial charge >= 0.3 is 0 Å². The summed E-state index contributed by atoms with van der Waals surface area (Å²) >= 11 is 0. The Morgan fingerprint density at radius 1 is 0.293 bits per heavy atom. The molecule has 5 heteroatoms. The van der Waals surface area contributed by atoms with Crippen LogP contribution >= 0.6 is 0 Å². The lowest BCUT2D eigenvalue weighted by Crippen LogP contribution is -2.01. The fraction of sp³-hybridized carbons (Fsp3) is 0. The molecule has 0 aliphatic carbocycles. The van der Waals surface area contributed by atoms with Gasteiger partial charge in [-0.1, -0.05) is 158 Å². The molecule has 12 aromatic rings. The maximum Gasteiger partial charge on any atom is 0.164 e. The predicted octanol–water partition coefficient (Wildman–Crippen LogP) is 13.4. The third-order valence-corrected chi connectivity index (χ3v) is 11.6. The van der Waals surface area contributed by atoms with Crippen LogP contribution in [-0.2, 0) is 0 Å². The van der Waals surface area contributed by atoms with Gasteiger partial charge in [0.05, 0.1) is 27.8 Å². The molecule has 0 spiro atoms. The summed E-state index contributed by atoms with van der Waals surface area (Å²) in [5.41, 5.74) is 9.79. The molecule has 0 N–H and O–H groups in total. The molecule has 58 heavy (non-hydrogen) atoms. The van der Waals surface area contributed by atoms with Gasteiger partial charge in [0.2, 0.25) is 0 Å². The normalized spacial score (nSPS) is 11.8. The van der Waals surface area contributed by atoms with Gasteiger partial charge in [-0.15, -0.1) is 0 Å². The Hall–Kier alpha value is -7.89. The number of nitrogens with zero attached hydrogens (tertiary/aromatic N) is 5. The summed E-state index contributed by atoms with van der Waals surface area (Å²) in [4.78, 5) is 15.2. The minimum atomic E-state index is 0.639. The Labute approximate surface area is 333 Å². The van der Waals surface area contributed by atoms with Crippen LogP contribution in [0.4, 0.5) is 0 Å². The zero-order valence-corrected chi connectivity index (χ0v) is 31.3. The monoisotopic (exact) mass is 739 g/mol. The molecule has 0 aliphatic rings. The van der Waals surface area contributed by atoms with Crippen LogP contribution in [0.25, 0.3) is 111 Å². The number of hydrogen-bond acceptors (Lipinski definition) is 3. The second-order valence-electron chi connectivity index (χ2n) is 14.8.